The summed E-state index contributed by atoms with van der Waals surface area (Å²) in [4.78, 5) is 39.6. The van der Waals surface area contributed by atoms with E-state index in [0.717, 1.165) is 0 Å². The maximum atomic E-state index is 11.9. The minimum absolute atomic E-state index is 0.0372. The Labute approximate surface area is 112 Å². The van der Waals surface area contributed by atoms with Gasteiger partial charge in [0.25, 0.3) is 0 Å². The molecular formula is C12H10N4O4. The summed E-state index contributed by atoms with van der Waals surface area (Å²) in [5, 5.41) is 11.3. The molecule has 0 atom stereocenters. The number of carbonyl (C=O) groups is 3. The van der Waals surface area contributed by atoms with Gasteiger partial charge in [-0.1, -0.05) is 0 Å². The van der Waals surface area contributed by atoms with Crippen LogP contribution in [0.2, 0.25) is 0 Å². The number of fused-ring (bicyclic) bond motifs is 1. The number of nitrogens with one attached hydrogen (secondary N) is 1. The second kappa shape index (κ2) is 4.34. The van der Waals surface area contributed by atoms with Crippen molar-refractivity contribution < 1.29 is 19.5 Å². The highest BCUT2D eigenvalue weighted by atomic mass is 16.4. The van der Waals surface area contributed by atoms with E-state index in [1.807, 2.05) is 0 Å². The number of hydrogen-bond acceptors (Lipinski definition) is 4. The molecule has 0 bridgehead atoms. The van der Waals surface area contributed by atoms with Crippen molar-refractivity contribution in [1.82, 2.24) is 14.7 Å². The van der Waals surface area contributed by atoms with Gasteiger partial charge in [-0.05, 0) is 6.07 Å². The molecule has 20 heavy (non-hydrogen) atoms. The number of rotatable bonds is 2. The van der Waals surface area contributed by atoms with Crippen LogP contribution in [0.25, 0.3) is 5.65 Å². The highest BCUT2D eigenvalue weighted by Gasteiger charge is 2.27. The number of aromatic carboxylic acids is 1. The number of carbonyl (C=O) groups excluding carboxylic acids is 2. The van der Waals surface area contributed by atoms with Crippen LogP contribution in [-0.2, 0) is 4.79 Å². The first-order valence-electron chi connectivity index (χ1n) is 5.87. The van der Waals surface area contributed by atoms with Crippen LogP contribution in [0.4, 0.5) is 10.5 Å². The predicted octanol–water partition coefficient (Wildman–Crippen LogP) is 0.479. The van der Waals surface area contributed by atoms with E-state index >= 15 is 0 Å². The fourth-order valence-corrected chi connectivity index (χ4v) is 2.12. The molecule has 0 radical (unpaired) electrons. The van der Waals surface area contributed by atoms with Gasteiger partial charge < -0.3 is 9.51 Å². The number of aromatic nitrogens is 2. The molecule has 0 aromatic carbocycles. The van der Waals surface area contributed by atoms with Crippen molar-refractivity contribution in [3.63, 3.8) is 0 Å². The number of hydrogen-bond donors (Lipinski definition) is 2. The fraction of sp³-hybridized carbons (Fsp3) is 0.167. The lowest BCUT2D eigenvalue weighted by atomic mass is 10.2. The highest BCUT2D eigenvalue weighted by molar-refractivity contribution is 6.07. The van der Waals surface area contributed by atoms with E-state index in [1.54, 1.807) is 6.20 Å². The summed E-state index contributed by atoms with van der Waals surface area (Å²) < 4.78 is 1.53. The average molecular weight is 274 g/mol. The van der Waals surface area contributed by atoms with Crippen LogP contribution >= 0.6 is 0 Å². The smallest absolute Gasteiger partial charge is 0.337 e. The summed E-state index contributed by atoms with van der Waals surface area (Å²) in [5.74, 6) is -1.45. The molecule has 1 aliphatic heterocycles. The summed E-state index contributed by atoms with van der Waals surface area (Å²) in [7, 11) is 0. The zero-order chi connectivity index (χ0) is 14.3. The molecule has 8 nitrogen and oxygen atoms in total. The molecule has 8 heteroatoms. The number of urea groups is 1. The van der Waals surface area contributed by atoms with Crippen molar-refractivity contribution in [3.05, 3.63) is 30.2 Å². The van der Waals surface area contributed by atoms with Crippen molar-refractivity contribution in [2.45, 2.75) is 6.42 Å². The molecule has 0 spiro atoms. The Kier molecular flexibility index (Phi) is 2.63. The van der Waals surface area contributed by atoms with E-state index in [9.17, 15) is 14.4 Å². The van der Waals surface area contributed by atoms with Gasteiger partial charge in [-0.3, -0.25) is 15.0 Å². The Hall–Kier alpha value is -2.90. The van der Waals surface area contributed by atoms with E-state index in [-0.39, 0.29) is 24.4 Å². The molecule has 3 rings (SSSR count). The standard InChI is InChI=1S/C12H10N4O4/c17-9-1-3-16(12(20)14-9)8-5-7(11(18)19)6-15-4-2-13-10(8)15/h2,4-6H,1,3H2,(H,18,19)(H,14,17,20). The molecule has 0 unspecified atom stereocenters. The Morgan fingerprint density at radius 2 is 2.20 bits per heavy atom. The second-order valence-corrected chi connectivity index (χ2v) is 4.33. The monoisotopic (exact) mass is 274 g/mol. The van der Waals surface area contributed by atoms with Crippen LogP contribution in [0.5, 0.6) is 0 Å². The lowest BCUT2D eigenvalue weighted by Crippen LogP contribution is -2.49. The van der Waals surface area contributed by atoms with E-state index in [0.29, 0.717) is 11.3 Å². The number of nitrogens with zero attached hydrogens (tertiary/aromatic N) is 3. The molecule has 2 aromatic rings. The van der Waals surface area contributed by atoms with Gasteiger partial charge in [-0.15, -0.1) is 0 Å². The molecule has 3 amide bonds. The van der Waals surface area contributed by atoms with Gasteiger partial charge in [0.05, 0.1) is 11.3 Å². The number of imide groups is 1. The SMILES string of the molecule is O=C1CCN(c2cc(C(=O)O)cn3ccnc23)C(=O)N1. The van der Waals surface area contributed by atoms with Gasteiger partial charge in [-0.25, -0.2) is 14.6 Å². The van der Waals surface area contributed by atoms with Crippen molar-refractivity contribution in [1.29, 1.82) is 0 Å². The number of pyridine rings is 1. The van der Waals surface area contributed by atoms with Crippen molar-refractivity contribution >= 4 is 29.2 Å². The van der Waals surface area contributed by atoms with Crippen LogP contribution in [0.3, 0.4) is 0 Å². The summed E-state index contributed by atoms with van der Waals surface area (Å²) in [5.41, 5.74) is 0.856. The number of carboxylic acid groups (broad SMARTS) is 1. The molecule has 0 saturated carbocycles. The maximum absolute atomic E-state index is 11.9. The van der Waals surface area contributed by atoms with Crippen LogP contribution in [0, 0.1) is 0 Å². The average Bonchev–Trinajstić information content (AvgIpc) is 2.86. The zero-order valence-electron chi connectivity index (χ0n) is 10.2. The molecule has 2 aromatic heterocycles. The third-order valence-corrected chi connectivity index (χ3v) is 3.06. The van der Waals surface area contributed by atoms with Crippen molar-refractivity contribution in [2.75, 3.05) is 11.4 Å². The summed E-state index contributed by atoms with van der Waals surface area (Å²) in [6.45, 7) is 0.191. The van der Waals surface area contributed by atoms with E-state index in [1.165, 1.54) is 27.8 Å². The molecule has 1 fully saturated rings. The summed E-state index contributed by atoms with van der Waals surface area (Å²) in [6.07, 6.45) is 4.69. The minimum atomic E-state index is -1.10. The first-order valence-corrected chi connectivity index (χ1v) is 5.87. The number of anilines is 1. The van der Waals surface area contributed by atoms with Gasteiger partial charge in [0.2, 0.25) is 5.91 Å². The molecule has 3 heterocycles. The van der Waals surface area contributed by atoms with Gasteiger partial charge in [0.1, 0.15) is 0 Å². The Morgan fingerprint density at radius 1 is 1.40 bits per heavy atom. The quantitative estimate of drug-likeness (QED) is 0.828. The second-order valence-electron chi connectivity index (χ2n) is 4.33. The Balaban J connectivity index is 2.14. The maximum Gasteiger partial charge on any atom is 0.337 e. The van der Waals surface area contributed by atoms with E-state index in [4.69, 9.17) is 5.11 Å². The third kappa shape index (κ3) is 1.87. The number of imidazole rings is 1. The zero-order valence-corrected chi connectivity index (χ0v) is 10.2. The van der Waals surface area contributed by atoms with E-state index < -0.39 is 12.0 Å². The Morgan fingerprint density at radius 3 is 2.90 bits per heavy atom. The topological polar surface area (TPSA) is 104 Å². The van der Waals surface area contributed by atoms with Gasteiger partial charge in [0, 0.05) is 31.6 Å². The van der Waals surface area contributed by atoms with Crippen molar-refractivity contribution in [2.24, 2.45) is 0 Å². The lowest BCUT2D eigenvalue weighted by Gasteiger charge is -2.26. The van der Waals surface area contributed by atoms with Gasteiger partial charge in [0.15, 0.2) is 5.65 Å². The normalized spacial score (nSPS) is 15.5. The number of amides is 3. The predicted molar refractivity (Wildman–Crippen MR) is 67.7 cm³/mol. The van der Waals surface area contributed by atoms with Gasteiger partial charge >= 0.3 is 12.0 Å². The van der Waals surface area contributed by atoms with Gasteiger partial charge in [-0.2, -0.15) is 0 Å². The highest BCUT2D eigenvalue weighted by Crippen LogP contribution is 2.24. The van der Waals surface area contributed by atoms with Crippen molar-refractivity contribution in [3.8, 4) is 0 Å². The molecule has 2 N–H and O–H groups in total. The molecule has 0 aliphatic carbocycles. The molecule has 102 valence electrons. The first-order chi connectivity index (χ1) is 9.56. The third-order valence-electron chi connectivity index (χ3n) is 3.06. The molecular weight excluding hydrogens is 264 g/mol. The molecule has 1 aliphatic rings. The van der Waals surface area contributed by atoms with Crippen LogP contribution in [-0.4, -0.2) is 38.9 Å². The summed E-state index contributed by atoms with van der Waals surface area (Å²) in [6, 6.07) is 0.800. The summed E-state index contributed by atoms with van der Waals surface area (Å²) >= 11 is 0. The van der Waals surface area contributed by atoms with Crippen LogP contribution in [0.15, 0.2) is 24.7 Å². The van der Waals surface area contributed by atoms with Crippen LogP contribution < -0.4 is 10.2 Å². The van der Waals surface area contributed by atoms with Crippen LogP contribution in [0.1, 0.15) is 16.8 Å². The largest absolute Gasteiger partial charge is 0.478 e. The number of carboxylic acids is 1. The van der Waals surface area contributed by atoms with E-state index in [2.05, 4.69) is 10.3 Å². The minimum Gasteiger partial charge on any atom is -0.478 e. The first kappa shape index (κ1) is 12.2. The molecule has 1 saturated heterocycles. The Bertz CT molecular complexity index is 736. The lowest BCUT2D eigenvalue weighted by molar-refractivity contribution is -0.120. The fourth-order valence-electron chi connectivity index (χ4n) is 2.12.